The molecule has 21 heavy (non-hydrogen) atoms. The highest BCUT2D eigenvalue weighted by atomic mass is 19.2. The van der Waals surface area contributed by atoms with Crippen LogP contribution in [0, 0.1) is 27.6 Å². The third kappa shape index (κ3) is 3.25. The first-order valence-corrected chi connectivity index (χ1v) is 5.79. The number of rotatable bonds is 4. The molecule has 0 N–H and O–H groups in total. The Morgan fingerprint density at radius 2 is 1.86 bits per heavy atom. The van der Waals surface area contributed by atoms with Crippen LogP contribution in [0.1, 0.15) is 15.9 Å². The molecule has 0 atom stereocenters. The van der Waals surface area contributed by atoms with Gasteiger partial charge in [0.2, 0.25) is 0 Å². The number of ketones is 1. The van der Waals surface area contributed by atoms with Crippen molar-refractivity contribution in [2.45, 2.75) is 6.42 Å². The Bertz CT molecular complexity index is 731. The van der Waals surface area contributed by atoms with E-state index in [0.717, 1.165) is 18.2 Å². The van der Waals surface area contributed by atoms with Crippen LogP contribution in [0.3, 0.4) is 0 Å². The van der Waals surface area contributed by atoms with E-state index >= 15 is 0 Å². The monoisotopic (exact) mass is 295 g/mol. The zero-order valence-corrected chi connectivity index (χ0v) is 10.5. The van der Waals surface area contributed by atoms with Gasteiger partial charge < -0.3 is 0 Å². The van der Waals surface area contributed by atoms with Crippen molar-refractivity contribution in [2.24, 2.45) is 0 Å². The van der Waals surface area contributed by atoms with Gasteiger partial charge in [-0.25, -0.2) is 13.2 Å². The van der Waals surface area contributed by atoms with E-state index in [4.69, 9.17) is 0 Å². The highest BCUT2D eigenvalue weighted by molar-refractivity contribution is 5.98. The number of nitrogens with zero attached hydrogens (tertiary/aromatic N) is 1. The largest absolute Gasteiger partial charge is 0.294 e. The number of hydrogen-bond donors (Lipinski definition) is 0. The molecule has 7 heteroatoms. The SMILES string of the molecule is O=C(Cc1cccc(F)c1F)c1cc(F)cc([N+](=O)[O-])c1. The molecule has 0 amide bonds. The summed E-state index contributed by atoms with van der Waals surface area (Å²) in [6, 6.07) is 5.71. The van der Waals surface area contributed by atoms with Crippen LogP contribution in [0.4, 0.5) is 18.9 Å². The van der Waals surface area contributed by atoms with Crippen LogP contribution >= 0.6 is 0 Å². The number of non-ortho nitro benzene ring substituents is 1. The summed E-state index contributed by atoms with van der Waals surface area (Å²) in [7, 11) is 0. The van der Waals surface area contributed by atoms with Crippen molar-refractivity contribution in [3.63, 3.8) is 0 Å². The van der Waals surface area contributed by atoms with Gasteiger partial charge in [-0.3, -0.25) is 14.9 Å². The Balaban J connectivity index is 2.32. The molecule has 0 radical (unpaired) electrons. The zero-order valence-electron chi connectivity index (χ0n) is 10.5. The summed E-state index contributed by atoms with van der Waals surface area (Å²) in [6.45, 7) is 0. The lowest BCUT2D eigenvalue weighted by Crippen LogP contribution is -2.07. The van der Waals surface area contributed by atoms with Crippen LogP contribution in [0.5, 0.6) is 0 Å². The number of carbonyl (C=O) groups is 1. The summed E-state index contributed by atoms with van der Waals surface area (Å²) in [5.41, 5.74) is -1.06. The van der Waals surface area contributed by atoms with Crippen LogP contribution in [-0.2, 0) is 6.42 Å². The van der Waals surface area contributed by atoms with Crippen LogP contribution in [0.2, 0.25) is 0 Å². The van der Waals surface area contributed by atoms with Gasteiger partial charge >= 0.3 is 0 Å². The molecule has 0 unspecified atom stereocenters. The summed E-state index contributed by atoms with van der Waals surface area (Å²) in [5.74, 6) is -3.98. The lowest BCUT2D eigenvalue weighted by molar-refractivity contribution is -0.385. The second kappa shape index (κ2) is 5.74. The van der Waals surface area contributed by atoms with Gasteiger partial charge in [0.15, 0.2) is 17.4 Å². The van der Waals surface area contributed by atoms with Gasteiger partial charge in [0.05, 0.1) is 11.0 Å². The van der Waals surface area contributed by atoms with Gasteiger partial charge in [0.25, 0.3) is 5.69 Å². The molecule has 0 saturated heterocycles. The Morgan fingerprint density at radius 1 is 1.14 bits per heavy atom. The first-order chi connectivity index (χ1) is 9.88. The highest BCUT2D eigenvalue weighted by Gasteiger charge is 2.17. The molecule has 0 bridgehead atoms. The van der Waals surface area contributed by atoms with Gasteiger partial charge in [-0.1, -0.05) is 12.1 Å². The Morgan fingerprint density at radius 3 is 2.52 bits per heavy atom. The van der Waals surface area contributed by atoms with Crippen molar-refractivity contribution < 1.29 is 22.9 Å². The van der Waals surface area contributed by atoms with Crippen molar-refractivity contribution in [2.75, 3.05) is 0 Å². The highest BCUT2D eigenvalue weighted by Crippen LogP contribution is 2.19. The van der Waals surface area contributed by atoms with E-state index < -0.39 is 40.3 Å². The van der Waals surface area contributed by atoms with E-state index in [1.54, 1.807) is 0 Å². The molecule has 0 spiro atoms. The minimum Gasteiger partial charge on any atom is -0.294 e. The van der Waals surface area contributed by atoms with Gasteiger partial charge in [0, 0.05) is 18.1 Å². The maximum Gasteiger partial charge on any atom is 0.273 e. The fourth-order valence-electron chi connectivity index (χ4n) is 1.80. The number of halogens is 3. The average molecular weight is 295 g/mol. The minimum absolute atomic E-state index is 0.202. The summed E-state index contributed by atoms with van der Waals surface area (Å²) >= 11 is 0. The Kier molecular flexibility index (Phi) is 4.02. The fourth-order valence-corrected chi connectivity index (χ4v) is 1.80. The van der Waals surface area contributed by atoms with Gasteiger partial charge in [0.1, 0.15) is 5.82 Å². The van der Waals surface area contributed by atoms with Crippen LogP contribution in [-0.4, -0.2) is 10.7 Å². The lowest BCUT2D eigenvalue weighted by atomic mass is 10.0. The van der Waals surface area contributed by atoms with Crippen molar-refractivity contribution in [1.82, 2.24) is 0 Å². The number of nitro groups is 1. The smallest absolute Gasteiger partial charge is 0.273 e. The maximum atomic E-state index is 13.5. The van der Waals surface area contributed by atoms with Gasteiger partial charge in [-0.05, 0) is 17.7 Å². The van der Waals surface area contributed by atoms with E-state index in [0.29, 0.717) is 6.07 Å². The summed E-state index contributed by atoms with van der Waals surface area (Å²) in [5, 5.41) is 10.6. The summed E-state index contributed by atoms with van der Waals surface area (Å²) < 4.78 is 39.7. The van der Waals surface area contributed by atoms with Crippen LogP contribution in [0.15, 0.2) is 36.4 Å². The predicted octanol–water partition coefficient (Wildman–Crippen LogP) is 3.44. The number of hydrogen-bond acceptors (Lipinski definition) is 3. The molecule has 2 aromatic carbocycles. The molecule has 0 fully saturated rings. The molecule has 4 nitrogen and oxygen atoms in total. The predicted molar refractivity (Wildman–Crippen MR) is 67.4 cm³/mol. The standard InChI is InChI=1S/C14H8F3NO3/c15-10-4-9(5-11(7-10)18(20)21)13(19)6-8-2-1-3-12(16)14(8)17/h1-5,7H,6H2. The average Bonchev–Trinajstić information content (AvgIpc) is 2.43. The molecular weight excluding hydrogens is 287 g/mol. The molecular formula is C14H8F3NO3. The number of benzene rings is 2. The topological polar surface area (TPSA) is 60.2 Å². The van der Waals surface area contributed by atoms with E-state index in [1.807, 2.05) is 0 Å². The molecule has 2 aromatic rings. The second-order valence-electron chi connectivity index (χ2n) is 4.27. The van der Waals surface area contributed by atoms with Crippen LogP contribution < -0.4 is 0 Å². The molecule has 2 rings (SSSR count). The van der Waals surface area contributed by atoms with E-state index in [-0.39, 0.29) is 11.1 Å². The molecule has 0 aliphatic heterocycles. The lowest BCUT2D eigenvalue weighted by Gasteiger charge is -2.04. The molecule has 0 saturated carbocycles. The summed E-state index contributed by atoms with van der Waals surface area (Å²) in [6.07, 6.45) is -0.524. The quantitative estimate of drug-likeness (QED) is 0.493. The van der Waals surface area contributed by atoms with E-state index in [1.165, 1.54) is 12.1 Å². The second-order valence-corrected chi connectivity index (χ2v) is 4.27. The first kappa shape index (κ1) is 14.7. The van der Waals surface area contributed by atoms with E-state index in [2.05, 4.69) is 0 Å². The maximum absolute atomic E-state index is 13.5. The zero-order chi connectivity index (χ0) is 15.6. The molecule has 0 aliphatic carbocycles. The van der Waals surface area contributed by atoms with Crippen molar-refractivity contribution >= 4 is 11.5 Å². The van der Waals surface area contributed by atoms with Gasteiger partial charge in [-0.15, -0.1) is 0 Å². The fraction of sp³-hybridized carbons (Fsp3) is 0.0714. The number of carbonyl (C=O) groups excluding carboxylic acids is 1. The third-order valence-corrected chi connectivity index (χ3v) is 2.80. The van der Waals surface area contributed by atoms with Crippen LogP contribution in [0.25, 0.3) is 0 Å². The molecule has 0 aromatic heterocycles. The minimum atomic E-state index is -1.17. The Labute approximate surface area is 117 Å². The third-order valence-electron chi connectivity index (χ3n) is 2.80. The number of Topliss-reactive ketones (excluding diaryl/α,β-unsaturated/α-hetero) is 1. The van der Waals surface area contributed by atoms with E-state index in [9.17, 15) is 28.1 Å². The molecule has 108 valence electrons. The molecule has 0 heterocycles. The van der Waals surface area contributed by atoms with Gasteiger partial charge in [-0.2, -0.15) is 0 Å². The van der Waals surface area contributed by atoms with Crippen molar-refractivity contribution in [3.05, 3.63) is 75.1 Å². The summed E-state index contributed by atoms with van der Waals surface area (Å²) in [4.78, 5) is 21.7. The normalized spacial score (nSPS) is 10.4. The Hall–Kier alpha value is -2.70. The van der Waals surface area contributed by atoms with Crippen molar-refractivity contribution in [3.8, 4) is 0 Å². The number of nitro benzene ring substituents is 1. The first-order valence-electron chi connectivity index (χ1n) is 5.79. The molecule has 0 aliphatic rings. The van der Waals surface area contributed by atoms with Crippen molar-refractivity contribution in [1.29, 1.82) is 0 Å².